The number of nitrogens with one attached hydrogen (secondary N) is 3. The molecule has 3 amide bonds. The summed E-state index contributed by atoms with van der Waals surface area (Å²) in [5, 5.41) is 16.4. The molecule has 8 nitrogen and oxygen atoms in total. The van der Waals surface area contributed by atoms with E-state index < -0.39 is 29.6 Å². The van der Waals surface area contributed by atoms with Crippen LogP contribution in [0.4, 0.5) is 10.5 Å². The van der Waals surface area contributed by atoms with Gasteiger partial charge in [0.15, 0.2) is 0 Å². The van der Waals surface area contributed by atoms with Gasteiger partial charge in [-0.05, 0) is 45.4 Å². The average molecular weight is 351 g/mol. The maximum absolute atomic E-state index is 12.0. The zero-order valence-corrected chi connectivity index (χ0v) is 14.9. The second-order valence-electron chi connectivity index (χ2n) is 6.49. The molecule has 1 aromatic rings. The van der Waals surface area contributed by atoms with E-state index in [0.717, 1.165) is 5.56 Å². The summed E-state index contributed by atoms with van der Waals surface area (Å²) in [6.07, 6.45) is -0.705. The predicted molar refractivity (Wildman–Crippen MR) is 92.8 cm³/mol. The molecular formula is C17H25N3O5. The third-order valence-electron chi connectivity index (χ3n) is 2.97. The Morgan fingerprint density at radius 1 is 1.16 bits per heavy atom. The molecule has 138 valence electrons. The molecule has 0 saturated heterocycles. The lowest BCUT2D eigenvalue weighted by molar-refractivity contribution is -0.125. The summed E-state index contributed by atoms with van der Waals surface area (Å²) >= 11 is 0. The molecule has 0 saturated carbocycles. The number of hydrogen-bond donors (Lipinski definition) is 4. The lowest BCUT2D eigenvalue weighted by Gasteiger charge is -2.20. The Labute approximate surface area is 146 Å². The molecule has 0 aromatic heterocycles. The first-order chi connectivity index (χ1) is 11.6. The summed E-state index contributed by atoms with van der Waals surface area (Å²) in [6, 6.07) is 5.89. The molecule has 0 bridgehead atoms. The Bertz CT molecular complexity index is 608. The fourth-order valence-corrected chi connectivity index (χ4v) is 1.77. The van der Waals surface area contributed by atoms with Crippen molar-refractivity contribution >= 4 is 23.6 Å². The number of carbonyl (C=O) groups excluding carboxylic acids is 3. The van der Waals surface area contributed by atoms with Crippen LogP contribution in [0.25, 0.3) is 0 Å². The number of rotatable bonds is 6. The van der Waals surface area contributed by atoms with Crippen LogP contribution in [-0.2, 0) is 20.9 Å². The molecule has 4 N–H and O–H groups in total. The Hall–Kier alpha value is -2.61. The number of carbonyl (C=O) groups is 3. The largest absolute Gasteiger partial charge is 0.444 e. The third kappa shape index (κ3) is 8.16. The topological polar surface area (TPSA) is 117 Å². The van der Waals surface area contributed by atoms with E-state index in [2.05, 4.69) is 16.0 Å². The smallest absolute Gasteiger partial charge is 0.408 e. The summed E-state index contributed by atoms with van der Waals surface area (Å²) in [4.78, 5) is 35.3. The van der Waals surface area contributed by atoms with Gasteiger partial charge in [0.25, 0.3) is 0 Å². The van der Waals surface area contributed by atoms with Gasteiger partial charge in [0.2, 0.25) is 11.8 Å². The standard InChI is InChI=1S/C17H25N3O5/c1-11(15(23)20-13-7-5-12(10-21)6-8-13)19-14(22)9-18-16(24)25-17(2,3)4/h5-8,11,21H,9-10H2,1-4H3,(H,18,24)(H,19,22)(H,20,23). The van der Waals surface area contributed by atoms with Crippen LogP contribution >= 0.6 is 0 Å². The van der Waals surface area contributed by atoms with Crippen molar-refractivity contribution in [1.82, 2.24) is 10.6 Å². The molecule has 8 heteroatoms. The van der Waals surface area contributed by atoms with Crippen molar-refractivity contribution in [2.24, 2.45) is 0 Å². The van der Waals surface area contributed by atoms with Crippen LogP contribution < -0.4 is 16.0 Å². The molecular weight excluding hydrogens is 326 g/mol. The Morgan fingerprint density at radius 3 is 2.28 bits per heavy atom. The van der Waals surface area contributed by atoms with Crippen LogP contribution in [0, 0.1) is 0 Å². The van der Waals surface area contributed by atoms with Crippen molar-refractivity contribution in [2.75, 3.05) is 11.9 Å². The highest BCUT2D eigenvalue weighted by molar-refractivity contribution is 5.97. The van der Waals surface area contributed by atoms with E-state index in [9.17, 15) is 14.4 Å². The third-order valence-corrected chi connectivity index (χ3v) is 2.97. The minimum Gasteiger partial charge on any atom is -0.444 e. The highest BCUT2D eigenvalue weighted by atomic mass is 16.6. The van der Waals surface area contributed by atoms with Gasteiger partial charge in [0, 0.05) is 5.69 Å². The number of anilines is 1. The molecule has 1 unspecified atom stereocenters. The molecule has 0 aliphatic carbocycles. The predicted octanol–water partition coefficient (Wildman–Crippen LogP) is 1.15. The first-order valence-electron chi connectivity index (χ1n) is 7.87. The van der Waals surface area contributed by atoms with Gasteiger partial charge in [-0.15, -0.1) is 0 Å². The molecule has 1 atom stereocenters. The van der Waals surface area contributed by atoms with Crippen LogP contribution in [0.15, 0.2) is 24.3 Å². The maximum Gasteiger partial charge on any atom is 0.408 e. The number of alkyl carbamates (subject to hydrolysis) is 1. The van der Waals surface area contributed by atoms with Crippen molar-refractivity contribution in [3.8, 4) is 0 Å². The SMILES string of the molecule is CC(NC(=O)CNC(=O)OC(C)(C)C)C(=O)Nc1ccc(CO)cc1. The fraction of sp³-hybridized carbons (Fsp3) is 0.471. The first-order valence-corrected chi connectivity index (χ1v) is 7.87. The highest BCUT2D eigenvalue weighted by Gasteiger charge is 2.19. The summed E-state index contributed by atoms with van der Waals surface area (Å²) in [5.41, 5.74) is 0.627. The monoisotopic (exact) mass is 351 g/mol. The highest BCUT2D eigenvalue weighted by Crippen LogP contribution is 2.10. The zero-order valence-electron chi connectivity index (χ0n) is 14.9. The van der Waals surface area contributed by atoms with Gasteiger partial charge in [-0.25, -0.2) is 4.79 Å². The van der Waals surface area contributed by atoms with Gasteiger partial charge >= 0.3 is 6.09 Å². The Balaban J connectivity index is 2.40. The lowest BCUT2D eigenvalue weighted by Crippen LogP contribution is -2.46. The van der Waals surface area contributed by atoms with Gasteiger partial charge in [-0.2, -0.15) is 0 Å². The number of aliphatic hydroxyl groups excluding tert-OH is 1. The minimum absolute atomic E-state index is 0.0780. The van der Waals surface area contributed by atoms with E-state index in [0.29, 0.717) is 5.69 Å². The molecule has 0 spiro atoms. The van der Waals surface area contributed by atoms with E-state index in [4.69, 9.17) is 9.84 Å². The summed E-state index contributed by atoms with van der Waals surface area (Å²) in [6.45, 7) is 6.30. The average Bonchev–Trinajstić information content (AvgIpc) is 2.52. The van der Waals surface area contributed by atoms with E-state index >= 15 is 0 Å². The van der Waals surface area contributed by atoms with E-state index in [1.54, 1.807) is 45.0 Å². The Morgan fingerprint density at radius 2 is 1.76 bits per heavy atom. The number of ether oxygens (including phenoxy) is 1. The number of aliphatic hydroxyl groups is 1. The van der Waals surface area contributed by atoms with Crippen molar-refractivity contribution in [3.05, 3.63) is 29.8 Å². The van der Waals surface area contributed by atoms with Crippen LogP contribution in [0.5, 0.6) is 0 Å². The molecule has 1 rings (SSSR count). The van der Waals surface area contributed by atoms with Crippen molar-refractivity contribution < 1.29 is 24.2 Å². The van der Waals surface area contributed by atoms with Gasteiger partial charge in [-0.3, -0.25) is 9.59 Å². The second-order valence-corrected chi connectivity index (χ2v) is 6.49. The van der Waals surface area contributed by atoms with Crippen LogP contribution in [0.3, 0.4) is 0 Å². The summed E-state index contributed by atoms with van der Waals surface area (Å²) in [7, 11) is 0. The van der Waals surface area contributed by atoms with Gasteiger partial charge in [-0.1, -0.05) is 12.1 Å². The quantitative estimate of drug-likeness (QED) is 0.613. The molecule has 25 heavy (non-hydrogen) atoms. The van der Waals surface area contributed by atoms with Gasteiger partial charge < -0.3 is 25.8 Å². The first kappa shape index (κ1) is 20.4. The second kappa shape index (κ2) is 9.03. The van der Waals surface area contributed by atoms with Gasteiger partial charge in [0.1, 0.15) is 18.2 Å². The fourth-order valence-electron chi connectivity index (χ4n) is 1.77. The van der Waals surface area contributed by atoms with E-state index in [-0.39, 0.29) is 13.2 Å². The number of benzene rings is 1. The molecule has 0 aliphatic heterocycles. The van der Waals surface area contributed by atoms with Crippen molar-refractivity contribution in [3.63, 3.8) is 0 Å². The lowest BCUT2D eigenvalue weighted by atomic mass is 10.2. The maximum atomic E-state index is 12.0. The van der Waals surface area contributed by atoms with Gasteiger partial charge in [0.05, 0.1) is 6.61 Å². The summed E-state index contributed by atoms with van der Waals surface area (Å²) < 4.78 is 5.01. The molecule has 0 fully saturated rings. The van der Waals surface area contributed by atoms with E-state index in [1.807, 2.05) is 0 Å². The van der Waals surface area contributed by atoms with Crippen molar-refractivity contribution in [2.45, 2.75) is 45.9 Å². The molecule has 0 heterocycles. The zero-order chi connectivity index (χ0) is 19.0. The molecule has 0 aliphatic rings. The number of hydrogen-bond acceptors (Lipinski definition) is 5. The summed E-state index contributed by atoms with van der Waals surface area (Å²) in [5.74, 6) is -0.911. The normalized spacial score (nSPS) is 12.0. The van der Waals surface area contributed by atoms with Crippen LogP contribution in [0.1, 0.15) is 33.3 Å². The van der Waals surface area contributed by atoms with Crippen LogP contribution in [0.2, 0.25) is 0 Å². The van der Waals surface area contributed by atoms with Crippen molar-refractivity contribution in [1.29, 1.82) is 0 Å². The molecule has 0 radical (unpaired) electrons. The molecule has 1 aromatic carbocycles. The minimum atomic E-state index is -0.787. The van der Waals surface area contributed by atoms with Crippen LogP contribution in [-0.4, -0.2) is 41.2 Å². The Kier molecular flexibility index (Phi) is 7.38. The number of amides is 3. The van der Waals surface area contributed by atoms with E-state index in [1.165, 1.54) is 6.92 Å².